The zero-order chi connectivity index (χ0) is 24.9. The minimum Gasteiger partial charge on any atom is -0.490 e. The van der Waals surface area contributed by atoms with Crippen molar-refractivity contribution >= 4 is 49.8 Å². The first-order valence-corrected chi connectivity index (χ1v) is 12.3. The van der Waals surface area contributed by atoms with E-state index in [0.29, 0.717) is 30.3 Å². The van der Waals surface area contributed by atoms with Crippen LogP contribution >= 0.6 is 15.9 Å². The number of fused-ring (bicyclic) bond motifs is 2. The Morgan fingerprint density at radius 3 is 2.69 bits per heavy atom. The fourth-order valence-corrected chi connectivity index (χ4v) is 4.29. The molecule has 0 aliphatic rings. The molecule has 7 heteroatoms. The Kier molecular flexibility index (Phi) is 7.00. The number of nitrogens with zero attached hydrogens (tertiary/aromatic N) is 1. The highest BCUT2D eigenvalue weighted by molar-refractivity contribution is 9.10. The number of carbonyl (C=O) groups excluding carboxylic acids is 1. The van der Waals surface area contributed by atoms with Crippen LogP contribution in [0.25, 0.3) is 21.7 Å². The van der Waals surface area contributed by atoms with Crippen LogP contribution in [-0.2, 0) is 6.61 Å². The highest BCUT2D eigenvalue weighted by Crippen LogP contribution is 2.30. The van der Waals surface area contributed by atoms with Crippen LogP contribution in [0.4, 0.5) is 0 Å². The largest absolute Gasteiger partial charge is 0.490 e. The summed E-state index contributed by atoms with van der Waals surface area (Å²) in [5.74, 6) is 1.00. The van der Waals surface area contributed by atoms with Crippen LogP contribution in [0.1, 0.15) is 28.6 Å². The number of hydrogen-bond acceptors (Lipinski definition) is 5. The van der Waals surface area contributed by atoms with Gasteiger partial charge in [-0.05, 0) is 71.3 Å². The summed E-state index contributed by atoms with van der Waals surface area (Å²) in [7, 11) is 0. The molecule has 1 amide bonds. The molecule has 0 saturated carbocycles. The molecule has 1 heterocycles. The predicted octanol–water partition coefficient (Wildman–Crippen LogP) is 7.09. The van der Waals surface area contributed by atoms with E-state index in [1.54, 1.807) is 18.3 Å². The minimum atomic E-state index is -0.432. The third-order valence-corrected chi connectivity index (χ3v) is 6.11. The summed E-state index contributed by atoms with van der Waals surface area (Å²) in [6.45, 7) is 2.82. The third-order valence-electron chi connectivity index (χ3n) is 5.61. The second-order valence-electron chi connectivity index (χ2n) is 8.06. The molecule has 0 spiro atoms. The highest BCUT2D eigenvalue weighted by atomic mass is 79.9. The van der Waals surface area contributed by atoms with Gasteiger partial charge in [0.05, 0.1) is 12.8 Å². The van der Waals surface area contributed by atoms with Gasteiger partial charge in [0.15, 0.2) is 17.3 Å². The lowest BCUT2D eigenvalue weighted by Crippen LogP contribution is -2.16. The quantitative estimate of drug-likeness (QED) is 0.168. The van der Waals surface area contributed by atoms with Gasteiger partial charge in [0.25, 0.3) is 0 Å². The van der Waals surface area contributed by atoms with Crippen molar-refractivity contribution in [3.05, 3.63) is 106 Å². The van der Waals surface area contributed by atoms with Crippen LogP contribution in [0.15, 0.2) is 98.9 Å². The van der Waals surface area contributed by atoms with E-state index in [2.05, 4.69) is 50.7 Å². The Labute approximate surface area is 216 Å². The number of nitrogens with one attached hydrogen (secondary N) is 1. The Morgan fingerprint density at radius 2 is 1.81 bits per heavy atom. The molecule has 0 unspecified atom stereocenters. The smallest absolute Gasteiger partial charge is 0.307 e. The molecule has 1 aromatic heterocycles. The molecule has 0 fully saturated rings. The number of hydrazone groups is 1. The zero-order valence-electron chi connectivity index (χ0n) is 19.5. The number of ether oxygens (including phenoxy) is 2. The molecule has 1 N–H and O–H groups in total. The molecule has 0 atom stereocenters. The number of carbonyl (C=O) groups is 1. The number of halogens is 1. The van der Waals surface area contributed by atoms with E-state index in [1.165, 1.54) is 5.39 Å². The van der Waals surface area contributed by atoms with Gasteiger partial charge in [-0.1, -0.05) is 58.4 Å². The Balaban J connectivity index is 1.27. The van der Waals surface area contributed by atoms with Crippen molar-refractivity contribution in [2.24, 2.45) is 5.10 Å². The molecule has 36 heavy (non-hydrogen) atoms. The van der Waals surface area contributed by atoms with Gasteiger partial charge < -0.3 is 13.9 Å². The van der Waals surface area contributed by atoms with E-state index in [9.17, 15) is 4.79 Å². The molecule has 5 rings (SSSR count). The fraction of sp³-hybridized carbons (Fsp3) is 0.103. The summed E-state index contributed by atoms with van der Waals surface area (Å²) in [6.07, 6.45) is 1.55. The second-order valence-corrected chi connectivity index (χ2v) is 8.97. The normalized spacial score (nSPS) is 11.3. The molecule has 5 aromatic rings. The first-order chi connectivity index (χ1) is 17.6. The lowest BCUT2D eigenvalue weighted by molar-refractivity contribution is 0.0929. The lowest BCUT2D eigenvalue weighted by atomic mass is 10.1. The molecule has 0 saturated heterocycles. The van der Waals surface area contributed by atoms with Gasteiger partial charge in [0.2, 0.25) is 0 Å². The van der Waals surface area contributed by atoms with Gasteiger partial charge in [-0.3, -0.25) is 4.79 Å². The first kappa shape index (κ1) is 23.6. The Hall–Kier alpha value is -4.10. The Morgan fingerprint density at radius 1 is 0.944 bits per heavy atom. The van der Waals surface area contributed by atoms with Crippen molar-refractivity contribution in [3.8, 4) is 11.5 Å². The SMILES string of the molecule is CCOc1cc(/C=N/NC(=O)c2cc3cc(Br)ccc3o2)ccc1OCc1cccc2ccccc12. The summed E-state index contributed by atoms with van der Waals surface area (Å²) in [4.78, 5) is 12.5. The maximum Gasteiger partial charge on any atom is 0.307 e. The number of furan rings is 1. The molecule has 0 bridgehead atoms. The van der Waals surface area contributed by atoms with Gasteiger partial charge in [-0.15, -0.1) is 0 Å². The minimum absolute atomic E-state index is 0.187. The van der Waals surface area contributed by atoms with Crippen LogP contribution in [0.3, 0.4) is 0 Å². The maximum absolute atomic E-state index is 12.5. The summed E-state index contributed by atoms with van der Waals surface area (Å²) >= 11 is 3.41. The van der Waals surface area contributed by atoms with Crippen LogP contribution in [-0.4, -0.2) is 18.7 Å². The van der Waals surface area contributed by atoms with Crippen LogP contribution in [0, 0.1) is 0 Å². The summed E-state index contributed by atoms with van der Waals surface area (Å²) in [6, 6.07) is 27.2. The summed E-state index contributed by atoms with van der Waals surface area (Å²) in [5.41, 5.74) is 4.99. The standard InChI is InChI=1S/C29H23BrN2O4/c1-2-34-27-14-19(17-31-32-29(33)28-16-22-15-23(30)11-13-25(22)36-28)10-12-26(27)35-18-21-8-5-7-20-6-3-4-9-24(20)21/h3-17H,2,18H2,1H3,(H,32,33)/b31-17+. The molecule has 6 nitrogen and oxygen atoms in total. The first-order valence-electron chi connectivity index (χ1n) is 11.5. The van der Waals surface area contributed by atoms with Gasteiger partial charge in [-0.25, -0.2) is 5.43 Å². The van der Waals surface area contributed by atoms with Crippen molar-refractivity contribution in [1.82, 2.24) is 5.43 Å². The third kappa shape index (κ3) is 5.26. The lowest BCUT2D eigenvalue weighted by Gasteiger charge is -2.13. The van der Waals surface area contributed by atoms with E-state index >= 15 is 0 Å². The van der Waals surface area contributed by atoms with Crippen molar-refractivity contribution in [1.29, 1.82) is 0 Å². The summed E-state index contributed by atoms with van der Waals surface area (Å²) in [5, 5.41) is 7.24. The molecule has 0 aliphatic carbocycles. The Bertz CT molecular complexity index is 1570. The van der Waals surface area contributed by atoms with Gasteiger partial charge >= 0.3 is 5.91 Å². The average molecular weight is 543 g/mol. The van der Waals surface area contributed by atoms with Crippen LogP contribution in [0.5, 0.6) is 11.5 Å². The monoisotopic (exact) mass is 542 g/mol. The van der Waals surface area contributed by atoms with Crippen molar-refractivity contribution in [2.75, 3.05) is 6.61 Å². The van der Waals surface area contributed by atoms with Gasteiger partial charge in [0, 0.05) is 9.86 Å². The van der Waals surface area contributed by atoms with Crippen molar-refractivity contribution < 1.29 is 18.7 Å². The topological polar surface area (TPSA) is 73.1 Å². The fourth-order valence-electron chi connectivity index (χ4n) is 3.91. The van der Waals surface area contributed by atoms with E-state index in [0.717, 1.165) is 26.4 Å². The number of benzene rings is 4. The molecule has 180 valence electrons. The predicted molar refractivity (Wildman–Crippen MR) is 145 cm³/mol. The number of amides is 1. The van der Waals surface area contributed by atoms with E-state index < -0.39 is 5.91 Å². The number of rotatable bonds is 8. The van der Waals surface area contributed by atoms with Gasteiger partial charge in [0.1, 0.15) is 12.2 Å². The molecule has 4 aromatic carbocycles. The highest BCUT2D eigenvalue weighted by Gasteiger charge is 2.12. The van der Waals surface area contributed by atoms with E-state index in [4.69, 9.17) is 13.9 Å². The molecular weight excluding hydrogens is 520 g/mol. The number of hydrogen-bond donors (Lipinski definition) is 1. The van der Waals surface area contributed by atoms with Crippen LogP contribution < -0.4 is 14.9 Å². The van der Waals surface area contributed by atoms with Crippen molar-refractivity contribution in [2.45, 2.75) is 13.5 Å². The van der Waals surface area contributed by atoms with Crippen molar-refractivity contribution in [3.63, 3.8) is 0 Å². The van der Waals surface area contributed by atoms with E-state index in [-0.39, 0.29) is 5.76 Å². The molecule has 0 aliphatic heterocycles. The van der Waals surface area contributed by atoms with E-state index in [1.807, 2.05) is 55.5 Å². The van der Waals surface area contributed by atoms with Gasteiger partial charge in [-0.2, -0.15) is 5.10 Å². The summed E-state index contributed by atoms with van der Waals surface area (Å²) < 4.78 is 18.4. The molecule has 0 radical (unpaired) electrons. The zero-order valence-corrected chi connectivity index (χ0v) is 21.1. The average Bonchev–Trinajstić information content (AvgIpc) is 3.32. The molecular formula is C29H23BrN2O4. The maximum atomic E-state index is 12.5. The van der Waals surface area contributed by atoms with Crippen LogP contribution in [0.2, 0.25) is 0 Å². The second kappa shape index (κ2) is 10.7.